The van der Waals surface area contributed by atoms with Crippen molar-refractivity contribution < 1.29 is 19.3 Å². The summed E-state index contributed by atoms with van der Waals surface area (Å²) in [5, 5.41) is 9.73. The molecule has 2 aromatic carbocycles. The van der Waals surface area contributed by atoms with Gasteiger partial charge in [-0.3, -0.25) is 0 Å². The molecule has 0 aromatic heterocycles. The van der Waals surface area contributed by atoms with E-state index in [9.17, 15) is 5.11 Å². The minimum atomic E-state index is 0.267. The van der Waals surface area contributed by atoms with Gasteiger partial charge in [0.05, 0.1) is 21.3 Å². The van der Waals surface area contributed by atoms with Crippen LogP contribution in [0, 0.1) is 0 Å². The van der Waals surface area contributed by atoms with E-state index in [0.29, 0.717) is 23.7 Å². The van der Waals surface area contributed by atoms with Gasteiger partial charge < -0.3 is 19.3 Å². The van der Waals surface area contributed by atoms with Crippen molar-refractivity contribution in [1.82, 2.24) is 0 Å². The summed E-state index contributed by atoms with van der Waals surface area (Å²) in [4.78, 5) is 0. The van der Waals surface area contributed by atoms with Gasteiger partial charge in [-0.15, -0.1) is 0 Å². The molecule has 22 heavy (non-hydrogen) atoms. The Morgan fingerprint density at radius 2 is 1.59 bits per heavy atom. The Morgan fingerprint density at radius 1 is 0.955 bits per heavy atom. The second kappa shape index (κ2) is 7.41. The van der Waals surface area contributed by atoms with Crippen molar-refractivity contribution in [3.05, 3.63) is 53.6 Å². The van der Waals surface area contributed by atoms with Crippen molar-refractivity contribution in [2.45, 2.75) is 6.42 Å². The van der Waals surface area contributed by atoms with E-state index in [0.717, 1.165) is 11.1 Å². The molecule has 116 valence electrons. The maximum Gasteiger partial charge on any atom is 0.203 e. The van der Waals surface area contributed by atoms with Crippen LogP contribution in [0.2, 0.25) is 0 Å². The molecule has 0 atom stereocenters. The van der Waals surface area contributed by atoms with E-state index in [1.807, 2.05) is 36.4 Å². The molecule has 0 saturated heterocycles. The number of allylic oxidation sites excluding steroid dienone is 1. The summed E-state index contributed by atoms with van der Waals surface area (Å²) >= 11 is 0. The second-order valence-electron chi connectivity index (χ2n) is 4.70. The minimum absolute atomic E-state index is 0.267. The number of aromatic hydroxyl groups is 1. The summed E-state index contributed by atoms with van der Waals surface area (Å²) in [5.41, 5.74) is 1.82. The van der Waals surface area contributed by atoms with Crippen LogP contribution >= 0.6 is 0 Å². The first kappa shape index (κ1) is 15.8. The van der Waals surface area contributed by atoms with Gasteiger partial charge in [0, 0.05) is 5.56 Å². The molecule has 0 bridgehead atoms. The van der Waals surface area contributed by atoms with Crippen LogP contribution in [0.3, 0.4) is 0 Å². The van der Waals surface area contributed by atoms with Gasteiger partial charge in [-0.1, -0.05) is 30.4 Å². The number of hydrogen-bond donors (Lipinski definition) is 1. The van der Waals surface area contributed by atoms with Gasteiger partial charge in [0.15, 0.2) is 11.5 Å². The molecule has 4 nitrogen and oxygen atoms in total. The fraction of sp³-hybridized carbons (Fsp3) is 0.222. The zero-order valence-corrected chi connectivity index (χ0v) is 13.0. The largest absolute Gasteiger partial charge is 0.507 e. The summed E-state index contributed by atoms with van der Waals surface area (Å²) in [6.07, 6.45) is 4.55. The average Bonchev–Trinajstić information content (AvgIpc) is 2.55. The first-order valence-electron chi connectivity index (χ1n) is 6.93. The van der Waals surface area contributed by atoms with E-state index in [1.54, 1.807) is 33.5 Å². The van der Waals surface area contributed by atoms with E-state index < -0.39 is 0 Å². The Morgan fingerprint density at radius 3 is 2.14 bits per heavy atom. The predicted molar refractivity (Wildman–Crippen MR) is 86.9 cm³/mol. The van der Waals surface area contributed by atoms with Crippen LogP contribution < -0.4 is 14.2 Å². The van der Waals surface area contributed by atoms with Gasteiger partial charge in [0.1, 0.15) is 5.75 Å². The molecule has 0 fully saturated rings. The topological polar surface area (TPSA) is 47.9 Å². The van der Waals surface area contributed by atoms with E-state index >= 15 is 0 Å². The number of ether oxygens (including phenoxy) is 3. The highest BCUT2D eigenvalue weighted by molar-refractivity contribution is 5.58. The zero-order chi connectivity index (χ0) is 15.9. The maximum absolute atomic E-state index is 9.73. The number of benzene rings is 2. The Labute approximate surface area is 130 Å². The number of methoxy groups -OCH3 is 3. The number of hydrogen-bond acceptors (Lipinski definition) is 4. The molecule has 0 aliphatic heterocycles. The molecule has 0 aliphatic rings. The Kier molecular flexibility index (Phi) is 5.31. The molecule has 2 aromatic rings. The average molecular weight is 300 g/mol. The van der Waals surface area contributed by atoms with Crippen LogP contribution in [0.4, 0.5) is 0 Å². The fourth-order valence-corrected chi connectivity index (χ4v) is 2.20. The fourth-order valence-electron chi connectivity index (χ4n) is 2.20. The highest BCUT2D eigenvalue weighted by Gasteiger charge is 2.12. The number of para-hydroxylation sites is 1. The first-order valence-corrected chi connectivity index (χ1v) is 6.93. The van der Waals surface area contributed by atoms with E-state index in [1.165, 1.54) is 0 Å². The zero-order valence-electron chi connectivity index (χ0n) is 13.0. The van der Waals surface area contributed by atoms with Crippen LogP contribution in [-0.2, 0) is 6.42 Å². The molecule has 0 amide bonds. The molecule has 1 N–H and O–H groups in total. The van der Waals surface area contributed by atoms with Crippen molar-refractivity contribution in [2.24, 2.45) is 0 Å². The molecule has 0 unspecified atom stereocenters. The molecule has 0 spiro atoms. The summed E-state index contributed by atoms with van der Waals surface area (Å²) in [5.74, 6) is 2.11. The molecule has 0 aliphatic carbocycles. The van der Waals surface area contributed by atoms with Crippen LogP contribution in [-0.4, -0.2) is 26.4 Å². The van der Waals surface area contributed by atoms with Gasteiger partial charge in [0.25, 0.3) is 0 Å². The summed E-state index contributed by atoms with van der Waals surface area (Å²) in [7, 11) is 4.77. The van der Waals surface area contributed by atoms with Crippen LogP contribution in [0.25, 0.3) is 6.08 Å². The lowest BCUT2D eigenvalue weighted by Crippen LogP contribution is -1.96. The third-order valence-corrected chi connectivity index (χ3v) is 3.31. The van der Waals surface area contributed by atoms with Crippen LogP contribution in [0.5, 0.6) is 23.0 Å². The lowest BCUT2D eigenvalue weighted by atomic mass is 10.1. The number of phenolic OH excluding ortho intramolecular Hbond substituents is 1. The third kappa shape index (κ3) is 3.52. The van der Waals surface area contributed by atoms with Gasteiger partial charge in [0.2, 0.25) is 5.75 Å². The standard InChI is InChI=1S/C18H20O4/c1-20-16-11-13(12-17(21-2)18(16)22-3)7-6-9-14-8-4-5-10-15(14)19/h4-6,8-12,19H,7H2,1-3H3. The quantitative estimate of drug-likeness (QED) is 0.884. The first-order chi connectivity index (χ1) is 10.7. The smallest absolute Gasteiger partial charge is 0.203 e. The van der Waals surface area contributed by atoms with Crippen molar-refractivity contribution in [1.29, 1.82) is 0 Å². The normalized spacial score (nSPS) is 10.7. The lowest BCUT2D eigenvalue weighted by Gasteiger charge is -2.13. The highest BCUT2D eigenvalue weighted by Crippen LogP contribution is 2.38. The monoisotopic (exact) mass is 300 g/mol. The predicted octanol–water partition coefficient (Wildman–Crippen LogP) is 3.67. The van der Waals surface area contributed by atoms with E-state index in [4.69, 9.17) is 14.2 Å². The second-order valence-corrected chi connectivity index (χ2v) is 4.70. The molecule has 2 rings (SSSR count). The van der Waals surface area contributed by atoms with Gasteiger partial charge in [-0.25, -0.2) is 0 Å². The Hall–Kier alpha value is -2.62. The molecule has 0 heterocycles. The van der Waals surface area contributed by atoms with E-state index in [-0.39, 0.29) is 5.75 Å². The molecule has 4 heteroatoms. The van der Waals surface area contributed by atoms with E-state index in [2.05, 4.69) is 0 Å². The van der Waals surface area contributed by atoms with Crippen LogP contribution in [0.1, 0.15) is 11.1 Å². The maximum atomic E-state index is 9.73. The summed E-state index contributed by atoms with van der Waals surface area (Å²) in [6, 6.07) is 11.0. The van der Waals surface area contributed by atoms with Gasteiger partial charge in [-0.2, -0.15) is 0 Å². The Balaban J connectivity index is 2.21. The van der Waals surface area contributed by atoms with Gasteiger partial charge >= 0.3 is 0 Å². The molecule has 0 saturated carbocycles. The highest BCUT2D eigenvalue weighted by atomic mass is 16.5. The Bertz CT molecular complexity index is 637. The van der Waals surface area contributed by atoms with Crippen molar-refractivity contribution in [3.8, 4) is 23.0 Å². The van der Waals surface area contributed by atoms with Crippen LogP contribution in [0.15, 0.2) is 42.5 Å². The number of rotatable bonds is 6. The molecule has 0 radical (unpaired) electrons. The molecular formula is C18H20O4. The number of phenols is 1. The van der Waals surface area contributed by atoms with Crippen molar-refractivity contribution in [3.63, 3.8) is 0 Å². The van der Waals surface area contributed by atoms with Crippen molar-refractivity contribution >= 4 is 6.08 Å². The van der Waals surface area contributed by atoms with Crippen molar-refractivity contribution in [2.75, 3.05) is 21.3 Å². The lowest BCUT2D eigenvalue weighted by molar-refractivity contribution is 0.324. The third-order valence-electron chi connectivity index (χ3n) is 3.31. The summed E-state index contributed by atoms with van der Waals surface area (Å²) in [6.45, 7) is 0. The molecular weight excluding hydrogens is 280 g/mol. The van der Waals surface area contributed by atoms with Gasteiger partial charge in [-0.05, 0) is 30.2 Å². The SMILES string of the molecule is COc1cc(CC=Cc2ccccc2O)cc(OC)c1OC. The minimum Gasteiger partial charge on any atom is -0.507 e. The summed E-state index contributed by atoms with van der Waals surface area (Å²) < 4.78 is 16.0.